The number of rotatable bonds is 3. The van der Waals surface area contributed by atoms with Gasteiger partial charge in [0.1, 0.15) is 0 Å². The average Bonchev–Trinajstić information content (AvgIpc) is 2.80. The van der Waals surface area contributed by atoms with Crippen LogP contribution in [-0.4, -0.2) is 18.8 Å². The molecule has 0 aromatic heterocycles. The van der Waals surface area contributed by atoms with E-state index in [1.807, 2.05) is 12.1 Å². The van der Waals surface area contributed by atoms with Crippen LogP contribution in [0.1, 0.15) is 25.3 Å². The molecule has 1 aliphatic rings. The topological polar surface area (TPSA) is 55.5 Å². The van der Waals surface area contributed by atoms with Crippen molar-refractivity contribution in [3.63, 3.8) is 0 Å². The zero-order chi connectivity index (χ0) is 11.9. The van der Waals surface area contributed by atoms with Gasteiger partial charge in [0.05, 0.1) is 7.11 Å². The summed E-state index contributed by atoms with van der Waals surface area (Å²) in [6.07, 6.45) is 0. The van der Waals surface area contributed by atoms with Gasteiger partial charge >= 0.3 is 0 Å². The third-order valence-electron chi connectivity index (χ3n) is 3.89. The Bertz CT molecular complexity index is 401. The number of benzene rings is 1. The predicted octanol–water partition coefficient (Wildman–Crippen LogP) is 2.10. The SMILES string of the molecule is COc1cccc([C@H]2[C@H](CN)C2(C)C)c1O. The van der Waals surface area contributed by atoms with Gasteiger partial charge in [-0.15, -0.1) is 0 Å². The average molecular weight is 221 g/mol. The molecular weight excluding hydrogens is 202 g/mol. The third-order valence-corrected chi connectivity index (χ3v) is 3.89. The van der Waals surface area contributed by atoms with Crippen LogP contribution in [0.4, 0.5) is 0 Å². The van der Waals surface area contributed by atoms with E-state index in [0.717, 1.165) is 5.56 Å². The van der Waals surface area contributed by atoms with Crippen molar-refractivity contribution in [2.75, 3.05) is 13.7 Å². The molecule has 0 heterocycles. The second-order valence-electron chi connectivity index (χ2n) is 5.04. The number of hydrogen-bond acceptors (Lipinski definition) is 3. The summed E-state index contributed by atoms with van der Waals surface area (Å²) in [4.78, 5) is 0. The van der Waals surface area contributed by atoms with Crippen molar-refractivity contribution >= 4 is 0 Å². The molecule has 16 heavy (non-hydrogen) atoms. The first-order chi connectivity index (χ1) is 7.54. The number of ether oxygens (including phenoxy) is 1. The molecule has 0 amide bonds. The molecular formula is C13H19NO2. The van der Waals surface area contributed by atoms with Crippen LogP contribution in [0, 0.1) is 11.3 Å². The molecule has 1 aromatic carbocycles. The lowest BCUT2D eigenvalue weighted by molar-refractivity contribution is 0.369. The molecule has 0 spiro atoms. The normalized spacial score (nSPS) is 26.5. The maximum atomic E-state index is 10.1. The van der Waals surface area contributed by atoms with E-state index in [4.69, 9.17) is 10.5 Å². The molecule has 1 aliphatic carbocycles. The minimum absolute atomic E-state index is 0.179. The van der Waals surface area contributed by atoms with Gasteiger partial charge in [-0.2, -0.15) is 0 Å². The largest absolute Gasteiger partial charge is 0.504 e. The predicted molar refractivity (Wildman–Crippen MR) is 63.7 cm³/mol. The van der Waals surface area contributed by atoms with Crippen LogP contribution in [0.2, 0.25) is 0 Å². The fourth-order valence-corrected chi connectivity index (χ4v) is 2.76. The van der Waals surface area contributed by atoms with E-state index < -0.39 is 0 Å². The molecule has 88 valence electrons. The molecule has 1 aromatic rings. The van der Waals surface area contributed by atoms with E-state index in [1.165, 1.54) is 0 Å². The quantitative estimate of drug-likeness (QED) is 0.821. The highest BCUT2D eigenvalue weighted by Gasteiger charge is 2.58. The zero-order valence-electron chi connectivity index (χ0n) is 10.0. The third kappa shape index (κ3) is 1.47. The number of para-hydroxylation sites is 1. The van der Waals surface area contributed by atoms with Gasteiger partial charge in [0.25, 0.3) is 0 Å². The van der Waals surface area contributed by atoms with Crippen molar-refractivity contribution in [1.82, 2.24) is 0 Å². The van der Waals surface area contributed by atoms with Gasteiger partial charge in [0, 0.05) is 5.56 Å². The molecule has 1 fully saturated rings. The Balaban J connectivity index is 2.36. The maximum absolute atomic E-state index is 10.1. The van der Waals surface area contributed by atoms with Gasteiger partial charge < -0.3 is 15.6 Å². The van der Waals surface area contributed by atoms with Crippen molar-refractivity contribution in [2.45, 2.75) is 19.8 Å². The standard InChI is InChI=1S/C13H19NO2/c1-13(2)9(7-14)11(13)8-5-4-6-10(16-3)12(8)15/h4-6,9,11,15H,7,14H2,1-3H3/t9-,11-/m0/s1. The number of hydrogen-bond donors (Lipinski definition) is 2. The van der Waals surface area contributed by atoms with Crippen LogP contribution < -0.4 is 10.5 Å². The first-order valence-corrected chi connectivity index (χ1v) is 5.60. The molecule has 0 bridgehead atoms. The van der Waals surface area contributed by atoms with Crippen LogP contribution in [0.5, 0.6) is 11.5 Å². The van der Waals surface area contributed by atoms with Crippen molar-refractivity contribution in [2.24, 2.45) is 17.1 Å². The minimum Gasteiger partial charge on any atom is -0.504 e. The molecule has 3 heteroatoms. The summed E-state index contributed by atoms with van der Waals surface area (Å²) >= 11 is 0. The molecule has 3 N–H and O–H groups in total. The van der Waals surface area contributed by atoms with E-state index in [9.17, 15) is 5.11 Å². The van der Waals surface area contributed by atoms with Crippen molar-refractivity contribution in [3.05, 3.63) is 23.8 Å². The van der Waals surface area contributed by atoms with Crippen LogP contribution in [-0.2, 0) is 0 Å². The summed E-state index contributed by atoms with van der Waals surface area (Å²) in [5.41, 5.74) is 6.88. The first-order valence-electron chi connectivity index (χ1n) is 5.60. The van der Waals surface area contributed by atoms with E-state index >= 15 is 0 Å². The summed E-state index contributed by atoms with van der Waals surface area (Å²) < 4.78 is 5.12. The lowest BCUT2D eigenvalue weighted by atomic mass is 10.0. The molecule has 3 nitrogen and oxygen atoms in total. The lowest BCUT2D eigenvalue weighted by Gasteiger charge is -2.09. The van der Waals surface area contributed by atoms with Crippen LogP contribution in [0.15, 0.2) is 18.2 Å². The number of nitrogens with two attached hydrogens (primary N) is 1. The van der Waals surface area contributed by atoms with Crippen molar-refractivity contribution < 1.29 is 9.84 Å². The second-order valence-corrected chi connectivity index (χ2v) is 5.04. The Morgan fingerprint density at radius 2 is 2.12 bits per heavy atom. The molecule has 0 unspecified atom stereocenters. The Morgan fingerprint density at radius 1 is 1.44 bits per heavy atom. The van der Waals surface area contributed by atoms with E-state index in [2.05, 4.69) is 13.8 Å². The highest BCUT2D eigenvalue weighted by atomic mass is 16.5. The maximum Gasteiger partial charge on any atom is 0.161 e. The molecule has 0 radical (unpaired) electrons. The monoisotopic (exact) mass is 221 g/mol. The van der Waals surface area contributed by atoms with Crippen LogP contribution in [0.25, 0.3) is 0 Å². The lowest BCUT2D eigenvalue weighted by Crippen LogP contribution is -2.05. The Hall–Kier alpha value is -1.22. The van der Waals surface area contributed by atoms with Gasteiger partial charge in [0.2, 0.25) is 0 Å². The first kappa shape index (κ1) is 11.3. The highest BCUT2D eigenvalue weighted by Crippen LogP contribution is 2.65. The van der Waals surface area contributed by atoms with E-state index in [-0.39, 0.29) is 11.2 Å². The van der Waals surface area contributed by atoms with Crippen LogP contribution in [0.3, 0.4) is 0 Å². The number of methoxy groups -OCH3 is 1. The van der Waals surface area contributed by atoms with Gasteiger partial charge in [-0.05, 0) is 29.9 Å². The zero-order valence-corrected chi connectivity index (χ0v) is 10.0. The van der Waals surface area contributed by atoms with Gasteiger partial charge in [-0.25, -0.2) is 0 Å². The fourth-order valence-electron chi connectivity index (χ4n) is 2.76. The van der Waals surface area contributed by atoms with Gasteiger partial charge in [0.15, 0.2) is 11.5 Å². The van der Waals surface area contributed by atoms with E-state index in [0.29, 0.717) is 24.1 Å². The van der Waals surface area contributed by atoms with Crippen molar-refractivity contribution in [3.8, 4) is 11.5 Å². The summed E-state index contributed by atoms with van der Waals surface area (Å²) in [5.74, 6) is 1.59. The Kier molecular flexibility index (Phi) is 2.58. The van der Waals surface area contributed by atoms with Gasteiger partial charge in [-0.1, -0.05) is 26.0 Å². The molecule has 2 rings (SSSR count). The fraction of sp³-hybridized carbons (Fsp3) is 0.538. The molecule has 0 saturated heterocycles. The van der Waals surface area contributed by atoms with E-state index in [1.54, 1.807) is 13.2 Å². The number of phenols is 1. The summed E-state index contributed by atoms with van der Waals surface area (Å²) in [7, 11) is 1.57. The summed E-state index contributed by atoms with van der Waals surface area (Å²) in [6.45, 7) is 5.04. The second kappa shape index (κ2) is 3.67. The molecule has 0 aliphatic heterocycles. The molecule has 2 atom stereocenters. The highest BCUT2D eigenvalue weighted by molar-refractivity contribution is 5.50. The van der Waals surface area contributed by atoms with Crippen LogP contribution >= 0.6 is 0 Å². The Morgan fingerprint density at radius 3 is 2.62 bits per heavy atom. The number of phenolic OH excluding ortho intramolecular Hbond substituents is 1. The van der Waals surface area contributed by atoms with Crippen molar-refractivity contribution in [1.29, 1.82) is 0 Å². The number of aromatic hydroxyl groups is 1. The van der Waals surface area contributed by atoms with Gasteiger partial charge in [-0.3, -0.25) is 0 Å². The Labute approximate surface area is 96.2 Å². The smallest absolute Gasteiger partial charge is 0.161 e. The minimum atomic E-state index is 0.179. The summed E-state index contributed by atoms with van der Waals surface area (Å²) in [6, 6.07) is 5.64. The molecule has 1 saturated carbocycles. The summed E-state index contributed by atoms with van der Waals surface area (Å²) in [5, 5.41) is 10.1.